The van der Waals surface area contributed by atoms with Gasteiger partial charge in [-0.1, -0.05) is 26.7 Å². The van der Waals surface area contributed by atoms with Crippen molar-refractivity contribution in [1.82, 2.24) is 10.6 Å². The fourth-order valence-corrected chi connectivity index (χ4v) is 1.98. The van der Waals surface area contributed by atoms with Gasteiger partial charge in [-0.2, -0.15) is 0 Å². The van der Waals surface area contributed by atoms with Gasteiger partial charge in [0.15, 0.2) is 5.96 Å². The van der Waals surface area contributed by atoms with E-state index in [1.165, 1.54) is 7.11 Å². The molecule has 0 atom stereocenters. The topological polar surface area (TPSA) is 72.0 Å². The summed E-state index contributed by atoms with van der Waals surface area (Å²) in [6.07, 6.45) is 5.61. The fourth-order valence-electron chi connectivity index (χ4n) is 1.98. The van der Waals surface area contributed by atoms with E-state index in [2.05, 4.69) is 34.2 Å². The Morgan fingerprint density at radius 3 is 2.25 bits per heavy atom. The minimum atomic E-state index is -0.120. The molecular formula is C17H36IN3O3. The standard InChI is InChI=1S/C17H35N3O3.HI/c1-15(2)14-23-13-9-12-20-17(18-3)19-11-8-6-5-7-10-16(21)22-4;/h15H,5-14H2,1-4H3,(H2,18,19,20);1H. The zero-order chi connectivity index (χ0) is 17.3. The van der Waals surface area contributed by atoms with Gasteiger partial charge in [0.2, 0.25) is 0 Å². The quantitative estimate of drug-likeness (QED) is 0.146. The molecule has 0 saturated carbocycles. The highest BCUT2D eigenvalue weighted by atomic mass is 127. The largest absolute Gasteiger partial charge is 0.469 e. The third-order valence-electron chi connectivity index (χ3n) is 3.26. The number of aliphatic imine (C=N–C) groups is 1. The van der Waals surface area contributed by atoms with Crippen molar-refractivity contribution in [2.45, 2.75) is 52.4 Å². The second-order valence-corrected chi connectivity index (χ2v) is 5.99. The highest BCUT2D eigenvalue weighted by Crippen LogP contribution is 2.03. The Morgan fingerprint density at radius 1 is 1.04 bits per heavy atom. The summed E-state index contributed by atoms with van der Waals surface area (Å²) in [5.41, 5.74) is 0. The summed E-state index contributed by atoms with van der Waals surface area (Å²) in [6, 6.07) is 0. The molecule has 0 aromatic heterocycles. The second kappa shape index (κ2) is 18.8. The van der Waals surface area contributed by atoms with E-state index in [1.807, 2.05) is 0 Å². The minimum Gasteiger partial charge on any atom is -0.469 e. The first-order chi connectivity index (χ1) is 11.1. The van der Waals surface area contributed by atoms with Crippen LogP contribution in [0.3, 0.4) is 0 Å². The monoisotopic (exact) mass is 457 g/mol. The van der Waals surface area contributed by atoms with Gasteiger partial charge >= 0.3 is 5.97 Å². The molecule has 0 bridgehead atoms. The van der Waals surface area contributed by atoms with E-state index in [1.54, 1.807) is 7.05 Å². The van der Waals surface area contributed by atoms with Crippen LogP contribution in [-0.2, 0) is 14.3 Å². The zero-order valence-electron chi connectivity index (χ0n) is 15.7. The number of hydrogen-bond donors (Lipinski definition) is 2. The number of hydrogen-bond acceptors (Lipinski definition) is 4. The van der Waals surface area contributed by atoms with Crippen molar-refractivity contribution < 1.29 is 14.3 Å². The number of carbonyl (C=O) groups is 1. The molecule has 6 nitrogen and oxygen atoms in total. The summed E-state index contributed by atoms with van der Waals surface area (Å²) >= 11 is 0. The van der Waals surface area contributed by atoms with Crippen LogP contribution in [0.4, 0.5) is 0 Å². The van der Waals surface area contributed by atoms with Gasteiger partial charge < -0.3 is 20.1 Å². The van der Waals surface area contributed by atoms with Gasteiger partial charge in [0.25, 0.3) is 0 Å². The molecule has 0 spiro atoms. The lowest BCUT2D eigenvalue weighted by atomic mass is 10.1. The minimum absolute atomic E-state index is 0. The number of esters is 1. The number of carbonyl (C=O) groups excluding carboxylic acids is 1. The molecule has 0 aliphatic carbocycles. The number of nitrogens with zero attached hydrogens (tertiary/aromatic N) is 1. The van der Waals surface area contributed by atoms with Gasteiger partial charge in [-0.05, 0) is 25.2 Å². The molecule has 0 aliphatic rings. The molecule has 24 heavy (non-hydrogen) atoms. The first kappa shape index (κ1) is 25.7. The summed E-state index contributed by atoms with van der Waals surface area (Å²) in [5.74, 6) is 1.30. The normalized spacial score (nSPS) is 11.1. The maximum absolute atomic E-state index is 11.0. The van der Waals surface area contributed by atoms with Crippen molar-refractivity contribution in [2.75, 3.05) is 40.5 Å². The Kier molecular flexibility index (Phi) is 20.1. The first-order valence-electron chi connectivity index (χ1n) is 8.69. The van der Waals surface area contributed by atoms with Gasteiger partial charge in [0.05, 0.1) is 7.11 Å². The first-order valence-corrected chi connectivity index (χ1v) is 8.69. The van der Waals surface area contributed by atoms with E-state index in [0.29, 0.717) is 12.3 Å². The van der Waals surface area contributed by atoms with Gasteiger partial charge in [0.1, 0.15) is 0 Å². The number of nitrogens with one attached hydrogen (secondary N) is 2. The maximum atomic E-state index is 11.0. The molecule has 0 heterocycles. The zero-order valence-corrected chi connectivity index (χ0v) is 18.1. The molecule has 0 fully saturated rings. The van der Waals surface area contributed by atoms with E-state index in [4.69, 9.17) is 4.74 Å². The van der Waals surface area contributed by atoms with Crippen LogP contribution in [0.5, 0.6) is 0 Å². The van der Waals surface area contributed by atoms with Crippen molar-refractivity contribution in [3.05, 3.63) is 0 Å². The number of methoxy groups -OCH3 is 1. The Labute approximate surface area is 164 Å². The Bertz CT molecular complexity index is 326. The van der Waals surface area contributed by atoms with Crippen LogP contribution in [0.15, 0.2) is 4.99 Å². The molecule has 0 aromatic carbocycles. The van der Waals surface area contributed by atoms with Crippen LogP contribution in [0.1, 0.15) is 52.4 Å². The third kappa shape index (κ3) is 17.8. The summed E-state index contributed by atoms with van der Waals surface area (Å²) in [4.78, 5) is 15.2. The van der Waals surface area contributed by atoms with E-state index in [9.17, 15) is 4.79 Å². The SMILES string of the molecule is CN=C(NCCCCCCC(=O)OC)NCCCOCC(C)C.I. The Balaban J connectivity index is 0. The van der Waals surface area contributed by atoms with E-state index in [0.717, 1.165) is 64.4 Å². The molecule has 0 rings (SSSR count). The highest BCUT2D eigenvalue weighted by molar-refractivity contribution is 14.0. The molecular weight excluding hydrogens is 421 g/mol. The third-order valence-corrected chi connectivity index (χ3v) is 3.26. The summed E-state index contributed by atoms with van der Waals surface area (Å²) in [6.45, 7) is 7.66. The molecule has 0 radical (unpaired) electrons. The fraction of sp³-hybridized carbons (Fsp3) is 0.882. The van der Waals surface area contributed by atoms with Gasteiger partial charge in [-0.15, -0.1) is 24.0 Å². The molecule has 7 heteroatoms. The number of unbranched alkanes of at least 4 members (excludes halogenated alkanes) is 3. The van der Waals surface area contributed by atoms with Crippen LogP contribution in [0.25, 0.3) is 0 Å². The molecule has 0 amide bonds. The van der Waals surface area contributed by atoms with Crippen molar-refractivity contribution in [2.24, 2.45) is 10.9 Å². The molecule has 0 aliphatic heterocycles. The Hall–Kier alpha value is -0.570. The van der Waals surface area contributed by atoms with E-state index < -0.39 is 0 Å². The smallest absolute Gasteiger partial charge is 0.305 e. The van der Waals surface area contributed by atoms with E-state index >= 15 is 0 Å². The summed E-state index contributed by atoms with van der Waals surface area (Å²) in [5, 5.41) is 6.58. The maximum Gasteiger partial charge on any atom is 0.305 e. The molecule has 144 valence electrons. The van der Waals surface area contributed by atoms with Crippen LogP contribution in [0.2, 0.25) is 0 Å². The van der Waals surface area contributed by atoms with Crippen LogP contribution in [-0.4, -0.2) is 52.4 Å². The van der Waals surface area contributed by atoms with Gasteiger partial charge in [-0.3, -0.25) is 9.79 Å². The number of rotatable bonds is 13. The number of guanidine groups is 1. The molecule has 0 unspecified atom stereocenters. The lowest BCUT2D eigenvalue weighted by molar-refractivity contribution is -0.140. The van der Waals surface area contributed by atoms with Crippen LogP contribution < -0.4 is 10.6 Å². The predicted molar refractivity (Wildman–Crippen MR) is 110 cm³/mol. The summed E-state index contributed by atoms with van der Waals surface area (Å²) < 4.78 is 10.2. The van der Waals surface area contributed by atoms with E-state index in [-0.39, 0.29) is 29.9 Å². The lowest BCUT2D eigenvalue weighted by Crippen LogP contribution is -2.38. The molecule has 2 N–H and O–H groups in total. The summed E-state index contributed by atoms with van der Waals surface area (Å²) in [7, 11) is 3.21. The van der Waals surface area contributed by atoms with Gasteiger partial charge in [0, 0.05) is 39.8 Å². The van der Waals surface area contributed by atoms with Crippen molar-refractivity contribution in [3.8, 4) is 0 Å². The van der Waals surface area contributed by atoms with Crippen molar-refractivity contribution in [1.29, 1.82) is 0 Å². The van der Waals surface area contributed by atoms with Crippen LogP contribution in [0, 0.1) is 5.92 Å². The highest BCUT2D eigenvalue weighted by Gasteiger charge is 2.00. The second-order valence-electron chi connectivity index (χ2n) is 5.99. The predicted octanol–water partition coefficient (Wildman–Crippen LogP) is 2.96. The molecule has 0 aromatic rings. The van der Waals surface area contributed by atoms with Crippen LogP contribution >= 0.6 is 24.0 Å². The van der Waals surface area contributed by atoms with Crippen molar-refractivity contribution >= 4 is 35.9 Å². The lowest BCUT2D eigenvalue weighted by Gasteiger charge is -2.12. The average Bonchev–Trinajstić information content (AvgIpc) is 2.54. The number of ether oxygens (including phenoxy) is 2. The number of halogens is 1. The van der Waals surface area contributed by atoms with Crippen molar-refractivity contribution in [3.63, 3.8) is 0 Å². The van der Waals surface area contributed by atoms with Gasteiger partial charge in [-0.25, -0.2) is 0 Å². The Morgan fingerprint density at radius 2 is 1.67 bits per heavy atom. The average molecular weight is 457 g/mol. The molecule has 0 saturated heterocycles.